The lowest BCUT2D eigenvalue weighted by molar-refractivity contribution is 0.175. The highest BCUT2D eigenvalue weighted by Crippen LogP contribution is 2.23. The summed E-state index contributed by atoms with van der Waals surface area (Å²) < 4.78 is 65.2. The van der Waals surface area contributed by atoms with E-state index in [4.69, 9.17) is 0 Å². The molecular formula is C14H9F5O. The summed E-state index contributed by atoms with van der Waals surface area (Å²) in [4.78, 5) is 0. The number of benzene rings is 2. The Kier molecular flexibility index (Phi) is 4.04. The summed E-state index contributed by atoms with van der Waals surface area (Å²) in [5.74, 6) is -6.03. The van der Waals surface area contributed by atoms with Crippen LogP contribution in [0.1, 0.15) is 17.2 Å². The molecule has 0 spiro atoms. The van der Waals surface area contributed by atoms with E-state index in [1.54, 1.807) is 0 Å². The first-order valence-electron chi connectivity index (χ1n) is 5.65. The molecule has 1 unspecified atom stereocenters. The quantitative estimate of drug-likeness (QED) is 0.675. The van der Waals surface area contributed by atoms with Crippen molar-refractivity contribution in [1.82, 2.24) is 0 Å². The second-order valence-electron chi connectivity index (χ2n) is 4.25. The minimum Gasteiger partial charge on any atom is -0.388 e. The van der Waals surface area contributed by atoms with Crippen molar-refractivity contribution in [3.8, 4) is 0 Å². The maximum atomic E-state index is 13.4. The number of aliphatic hydroxyl groups is 1. The number of aliphatic hydroxyl groups excluding tert-OH is 1. The lowest BCUT2D eigenvalue weighted by Gasteiger charge is -2.12. The van der Waals surface area contributed by atoms with Gasteiger partial charge in [-0.1, -0.05) is 0 Å². The van der Waals surface area contributed by atoms with Crippen molar-refractivity contribution in [1.29, 1.82) is 0 Å². The van der Waals surface area contributed by atoms with Crippen LogP contribution in [0.3, 0.4) is 0 Å². The third-order valence-electron chi connectivity index (χ3n) is 2.81. The predicted octanol–water partition coefficient (Wildman–Crippen LogP) is 3.66. The first-order chi connectivity index (χ1) is 9.38. The van der Waals surface area contributed by atoms with Gasteiger partial charge in [0.2, 0.25) is 0 Å². The molecule has 0 bridgehead atoms. The van der Waals surface area contributed by atoms with Crippen LogP contribution in [0.2, 0.25) is 0 Å². The van der Waals surface area contributed by atoms with Gasteiger partial charge in [-0.25, -0.2) is 22.0 Å². The molecule has 0 aliphatic heterocycles. The topological polar surface area (TPSA) is 20.2 Å². The molecule has 0 saturated heterocycles. The highest BCUT2D eigenvalue weighted by Gasteiger charge is 2.17. The Balaban J connectivity index is 2.28. The van der Waals surface area contributed by atoms with Crippen LogP contribution in [0, 0.1) is 29.1 Å². The van der Waals surface area contributed by atoms with Crippen molar-refractivity contribution in [2.45, 2.75) is 12.5 Å². The van der Waals surface area contributed by atoms with Crippen LogP contribution < -0.4 is 0 Å². The van der Waals surface area contributed by atoms with Gasteiger partial charge in [0.05, 0.1) is 6.10 Å². The highest BCUT2D eigenvalue weighted by atomic mass is 19.2. The third-order valence-corrected chi connectivity index (χ3v) is 2.81. The summed E-state index contributed by atoms with van der Waals surface area (Å²) in [6, 6.07) is 3.88. The average molecular weight is 288 g/mol. The first-order valence-corrected chi connectivity index (χ1v) is 5.65. The Bertz CT molecular complexity index is 618. The van der Waals surface area contributed by atoms with Crippen molar-refractivity contribution in [2.75, 3.05) is 0 Å². The van der Waals surface area contributed by atoms with E-state index in [1.165, 1.54) is 0 Å². The van der Waals surface area contributed by atoms with Crippen LogP contribution in [0.4, 0.5) is 22.0 Å². The normalized spacial score (nSPS) is 12.5. The van der Waals surface area contributed by atoms with E-state index >= 15 is 0 Å². The Labute approximate surface area is 111 Å². The van der Waals surface area contributed by atoms with Gasteiger partial charge in [0.15, 0.2) is 17.5 Å². The molecule has 0 heterocycles. The lowest BCUT2D eigenvalue weighted by atomic mass is 10.0. The lowest BCUT2D eigenvalue weighted by Crippen LogP contribution is -2.06. The summed E-state index contributed by atoms with van der Waals surface area (Å²) >= 11 is 0. The zero-order valence-corrected chi connectivity index (χ0v) is 10.0. The van der Waals surface area contributed by atoms with Gasteiger partial charge in [-0.05, 0) is 41.5 Å². The molecule has 2 rings (SSSR count). The second kappa shape index (κ2) is 5.58. The van der Waals surface area contributed by atoms with Crippen molar-refractivity contribution < 1.29 is 27.1 Å². The molecule has 0 aromatic heterocycles. The monoisotopic (exact) mass is 288 g/mol. The zero-order valence-electron chi connectivity index (χ0n) is 10.0. The Morgan fingerprint density at radius 1 is 0.850 bits per heavy atom. The fourth-order valence-corrected chi connectivity index (χ4v) is 1.79. The van der Waals surface area contributed by atoms with E-state index in [0.717, 1.165) is 18.2 Å². The maximum absolute atomic E-state index is 13.4. The SMILES string of the molecule is OC(Cc1cc(F)ccc1F)c1cc(F)c(F)c(F)c1. The molecule has 0 saturated carbocycles. The molecule has 20 heavy (non-hydrogen) atoms. The number of hydrogen-bond acceptors (Lipinski definition) is 1. The van der Waals surface area contributed by atoms with Gasteiger partial charge in [0, 0.05) is 6.42 Å². The van der Waals surface area contributed by atoms with Crippen molar-refractivity contribution in [3.63, 3.8) is 0 Å². The molecule has 1 atom stereocenters. The maximum Gasteiger partial charge on any atom is 0.194 e. The van der Waals surface area contributed by atoms with E-state index < -0.39 is 41.6 Å². The van der Waals surface area contributed by atoms with Gasteiger partial charge in [0.1, 0.15) is 11.6 Å². The molecule has 0 aliphatic carbocycles. The van der Waals surface area contributed by atoms with Crippen molar-refractivity contribution >= 4 is 0 Å². The fraction of sp³-hybridized carbons (Fsp3) is 0.143. The third kappa shape index (κ3) is 2.96. The fourth-order valence-electron chi connectivity index (χ4n) is 1.79. The summed E-state index contributed by atoms with van der Waals surface area (Å²) in [7, 11) is 0. The van der Waals surface area contributed by atoms with E-state index in [-0.39, 0.29) is 11.1 Å². The first kappa shape index (κ1) is 14.5. The number of rotatable bonds is 3. The van der Waals surface area contributed by atoms with Gasteiger partial charge in [0.25, 0.3) is 0 Å². The number of halogens is 5. The Hall–Kier alpha value is -1.95. The van der Waals surface area contributed by atoms with Gasteiger partial charge < -0.3 is 5.11 Å². The molecule has 2 aromatic carbocycles. The van der Waals surface area contributed by atoms with E-state index in [2.05, 4.69) is 0 Å². The summed E-state index contributed by atoms with van der Waals surface area (Å²) in [6.07, 6.45) is -1.88. The highest BCUT2D eigenvalue weighted by molar-refractivity contribution is 5.25. The van der Waals surface area contributed by atoms with Gasteiger partial charge >= 0.3 is 0 Å². The Morgan fingerprint density at radius 3 is 2.05 bits per heavy atom. The molecule has 1 N–H and O–H groups in total. The smallest absolute Gasteiger partial charge is 0.194 e. The van der Waals surface area contributed by atoms with Crippen LogP contribution in [0.25, 0.3) is 0 Å². The molecule has 1 nitrogen and oxygen atoms in total. The molecule has 0 radical (unpaired) electrons. The summed E-state index contributed by atoms with van der Waals surface area (Å²) in [5, 5.41) is 9.78. The zero-order chi connectivity index (χ0) is 14.9. The largest absolute Gasteiger partial charge is 0.388 e. The molecule has 0 fully saturated rings. The number of hydrogen-bond donors (Lipinski definition) is 1. The van der Waals surface area contributed by atoms with Crippen LogP contribution in [0.5, 0.6) is 0 Å². The summed E-state index contributed by atoms with van der Waals surface area (Å²) in [5.41, 5.74) is -0.410. The van der Waals surface area contributed by atoms with Crippen LogP contribution in [-0.4, -0.2) is 5.11 Å². The molecule has 0 amide bonds. The standard InChI is InChI=1S/C14H9F5O/c15-9-1-2-10(16)7(3-9)6-13(20)8-4-11(17)14(19)12(18)5-8/h1-5,13,20H,6H2. The average Bonchev–Trinajstić information content (AvgIpc) is 2.39. The Morgan fingerprint density at radius 2 is 1.45 bits per heavy atom. The van der Waals surface area contributed by atoms with E-state index in [9.17, 15) is 27.1 Å². The molecular weight excluding hydrogens is 279 g/mol. The summed E-state index contributed by atoms with van der Waals surface area (Å²) in [6.45, 7) is 0. The van der Waals surface area contributed by atoms with Crippen LogP contribution in [0.15, 0.2) is 30.3 Å². The van der Waals surface area contributed by atoms with Crippen molar-refractivity contribution in [3.05, 3.63) is 70.5 Å². The predicted molar refractivity (Wildman–Crippen MR) is 61.3 cm³/mol. The van der Waals surface area contributed by atoms with Crippen LogP contribution >= 0.6 is 0 Å². The van der Waals surface area contributed by atoms with Gasteiger partial charge in [-0.2, -0.15) is 0 Å². The van der Waals surface area contributed by atoms with E-state index in [1.807, 2.05) is 0 Å². The molecule has 6 heteroatoms. The molecule has 106 valence electrons. The van der Waals surface area contributed by atoms with Crippen LogP contribution in [-0.2, 0) is 6.42 Å². The second-order valence-corrected chi connectivity index (χ2v) is 4.25. The van der Waals surface area contributed by atoms with E-state index in [0.29, 0.717) is 12.1 Å². The minimum absolute atomic E-state index is 0.150. The minimum atomic E-state index is -1.65. The van der Waals surface area contributed by atoms with Crippen molar-refractivity contribution in [2.24, 2.45) is 0 Å². The molecule has 0 aliphatic rings. The molecule has 2 aromatic rings. The van der Waals surface area contributed by atoms with Gasteiger partial charge in [-0.3, -0.25) is 0 Å². The van der Waals surface area contributed by atoms with Gasteiger partial charge in [-0.15, -0.1) is 0 Å².